The Balaban J connectivity index is 2.22. The first-order valence-electron chi connectivity index (χ1n) is 9.09. The zero-order chi connectivity index (χ0) is 21.4. The summed E-state index contributed by atoms with van der Waals surface area (Å²) < 4.78 is 38.6. The van der Waals surface area contributed by atoms with Gasteiger partial charge in [0.05, 0.1) is 25.3 Å². The van der Waals surface area contributed by atoms with Crippen molar-refractivity contribution in [1.82, 2.24) is 15.4 Å². The van der Waals surface area contributed by atoms with Gasteiger partial charge in [0.1, 0.15) is 16.4 Å². The van der Waals surface area contributed by atoms with Crippen molar-refractivity contribution >= 4 is 33.3 Å². The van der Waals surface area contributed by atoms with E-state index in [9.17, 15) is 13.2 Å². The van der Waals surface area contributed by atoms with Gasteiger partial charge in [0, 0.05) is 7.05 Å². The second-order valence-corrected chi connectivity index (χ2v) is 8.35. The monoisotopic (exact) mass is 439 g/mol. The number of hydrogen-bond donors (Lipinski definition) is 3. The largest absolute Gasteiger partial charge is 0.492 e. The number of benzene rings is 1. The van der Waals surface area contributed by atoms with E-state index in [-0.39, 0.29) is 34.1 Å². The molecule has 1 atom stereocenters. The lowest BCUT2D eigenvalue weighted by atomic mass is 10.1. The summed E-state index contributed by atoms with van der Waals surface area (Å²) in [7, 11) is -2.46. The highest BCUT2D eigenvalue weighted by Crippen LogP contribution is 2.26. The van der Waals surface area contributed by atoms with Crippen LogP contribution in [0.1, 0.15) is 37.6 Å². The van der Waals surface area contributed by atoms with Crippen LogP contribution in [-0.2, 0) is 21.2 Å². The van der Waals surface area contributed by atoms with Crippen molar-refractivity contribution in [3.8, 4) is 5.75 Å². The smallest absolute Gasteiger partial charge is 0.267 e. The van der Waals surface area contributed by atoms with Gasteiger partial charge in [0.15, 0.2) is 5.11 Å². The molecule has 10 heteroatoms. The van der Waals surface area contributed by atoms with E-state index in [1.165, 1.54) is 19.4 Å². The van der Waals surface area contributed by atoms with Crippen LogP contribution in [0.15, 0.2) is 45.9 Å². The van der Waals surface area contributed by atoms with Gasteiger partial charge in [0.2, 0.25) is 5.91 Å². The molecule has 0 aliphatic rings. The number of thiocarbonyl (C=S) groups is 1. The van der Waals surface area contributed by atoms with Gasteiger partial charge >= 0.3 is 0 Å². The van der Waals surface area contributed by atoms with Gasteiger partial charge in [-0.25, -0.2) is 8.42 Å². The van der Waals surface area contributed by atoms with E-state index in [2.05, 4.69) is 15.4 Å². The number of amides is 1. The lowest BCUT2D eigenvalue weighted by Crippen LogP contribution is -2.37. The first kappa shape index (κ1) is 22.7. The summed E-state index contributed by atoms with van der Waals surface area (Å²) in [6, 6.07) is 7.84. The van der Waals surface area contributed by atoms with Crippen LogP contribution in [0.5, 0.6) is 5.75 Å². The first-order chi connectivity index (χ1) is 13.8. The predicted molar refractivity (Wildman–Crippen MR) is 113 cm³/mol. The number of hydrogen-bond acceptors (Lipinski definition) is 6. The van der Waals surface area contributed by atoms with Gasteiger partial charge in [-0.3, -0.25) is 9.52 Å². The molecule has 0 aliphatic carbocycles. The van der Waals surface area contributed by atoms with Crippen molar-refractivity contribution in [2.45, 2.75) is 37.6 Å². The van der Waals surface area contributed by atoms with Crippen LogP contribution in [-0.4, -0.2) is 33.1 Å². The van der Waals surface area contributed by atoms with Crippen LogP contribution >= 0.6 is 12.2 Å². The zero-order valence-corrected chi connectivity index (χ0v) is 18.2. The number of rotatable bonds is 9. The summed E-state index contributed by atoms with van der Waals surface area (Å²) in [5.74, 6) is 0.569. The second-order valence-electron chi connectivity index (χ2n) is 6.30. The quantitative estimate of drug-likeness (QED) is 0.514. The van der Waals surface area contributed by atoms with Gasteiger partial charge in [-0.1, -0.05) is 13.0 Å². The molecular weight excluding hydrogens is 414 g/mol. The average molecular weight is 440 g/mol. The van der Waals surface area contributed by atoms with Crippen LogP contribution < -0.4 is 20.1 Å². The molecular formula is C19H25N3O5S2. The zero-order valence-electron chi connectivity index (χ0n) is 16.5. The molecule has 158 valence electrons. The minimum atomic E-state index is -3.97. The van der Waals surface area contributed by atoms with Gasteiger partial charge in [-0.15, -0.1) is 0 Å². The van der Waals surface area contributed by atoms with Crippen LogP contribution in [0.4, 0.5) is 0 Å². The van der Waals surface area contributed by atoms with E-state index in [0.717, 1.165) is 6.42 Å². The Morgan fingerprint density at radius 2 is 2.07 bits per heavy atom. The molecule has 1 aromatic carbocycles. The van der Waals surface area contributed by atoms with E-state index in [4.69, 9.17) is 21.4 Å². The van der Waals surface area contributed by atoms with Crippen molar-refractivity contribution in [2.75, 3.05) is 13.7 Å². The predicted octanol–water partition coefficient (Wildman–Crippen LogP) is 2.27. The molecule has 0 saturated carbocycles. The standard InChI is InChI=1S/C19H25N3O5S2/c1-4-9-26-16-8-7-14(11-17(16)29(24,25)22-19(28)20-3)12-18(23)21-13(2)15-6-5-10-27-15/h5-8,10-11,13H,4,9,12H2,1-3H3,(H,21,23)(H2,20,22,28). The minimum absolute atomic E-state index is 0.00188. The van der Waals surface area contributed by atoms with Crippen molar-refractivity contribution in [2.24, 2.45) is 0 Å². The molecule has 8 nitrogen and oxygen atoms in total. The topological polar surface area (TPSA) is 110 Å². The number of nitrogens with one attached hydrogen (secondary N) is 3. The fraction of sp³-hybridized carbons (Fsp3) is 0.368. The SMILES string of the molecule is CCCOc1ccc(CC(=O)NC(C)c2ccco2)cc1S(=O)(=O)NC(=S)NC. The highest BCUT2D eigenvalue weighted by Gasteiger charge is 2.22. The molecule has 2 aromatic rings. The lowest BCUT2D eigenvalue weighted by molar-refractivity contribution is -0.121. The Bertz CT molecular complexity index is 943. The Morgan fingerprint density at radius 1 is 1.31 bits per heavy atom. The van der Waals surface area contributed by atoms with Gasteiger partial charge < -0.3 is 19.8 Å². The normalized spacial score (nSPS) is 12.1. The summed E-state index contributed by atoms with van der Waals surface area (Å²) >= 11 is 4.91. The van der Waals surface area contributed by atoms with Crippen molar-refractivity contribution in [3.05, 3.63) is 47.9 Å². The third-order valence-corrected chi connectivity index (χ3v) is 5.73. The highest BCUT2D eigenvalue weighted by molar-refractivity contribution is 7.92. The molecule has 1 unspecified atom stereocenters. The van der Waals surface area contributed by atoms with E-state index < -0.39 is 10.0 Å². The molecule has 1 aromatic heterocycles. The van der Waals surface area contributed by atoms with Gasteiger partial charge in [0.25, 0.3) is 10.0 Å². The Hall–Kier alpha value is -2.59. The number of carbonyl (C=O) groups is 1. The fourth-order valence-electron chi connectivity index (χ4n) is 2.52. The van der Waals surface area contributed by atoms with Crippen LogP contribution in [0.2, 0.25) is 0 Å². The van der Waals surface area contributed by atoms with Gasteiger partial charge in [-0.05, 0) is 55.4 Å². The van der Waals surface area contributed by atoms with Crippen molar-refractivity contribution in [3.63, 3.8) is 0 Å². The molecule has 29 heavy (non-hydrogen) atoms. The summed E-state index contributed by atoms with van der Waals surface area (Å²) in [4.78, 5) is 12.3. The average Bonchev–Trinajstić information content (AvgIpc) is 3.21. The minimum Gasteiger partial charge on any atom is -0.492 e. The summed E-state index contributed by atoms with van der Waals surface area (Å²) in [5.41, 5.74) is 0.522. The Kier molecular flexibility index (Phi) is 8.03. The molecule has 1 heterocycles. The molecule has 0 aliphatic heterocycles. The second kappa shape index (κ2) is 10.3. The van der Waals surface area contributed by atoms with Crippen LogP contribution in [0, 0.1) is 0 Å². The maximum atomic E-state index is 12.7. The number of furan rings is 1. The highest BCUT2D eigenvalue weighted by atomic mass is 32.2. The molecule has 0 fully saturated rings. The van der Waals surface area contributed by atoms with E-state index in [0.29, 0.717) is 17.9 Å². The molecule has 0 spiro atoms. The van der Waals surface area contributed by atoms with Crippen LogP contribution in [0.3, 0.4) is 0 Å². The Morgan fingerprint density at radius 3 is 2.69 bits per heavy atom. The summed E-state index contributed by atoms with van der Waals surface area (Å²) in [5, 5.41) is 5.34. The molecule has 1 amide bonds. The van der Waals surface area contributed by atoms with Crippen molar-refractivity contribution < 1.29 is 22.4 Å². The van der Waals surface area contributed by atoms with E-state index in [1.807, 2.05) is 6.92 Å². The molecule has 0 bridgehead atoms. The molecule has 2 rings (SSSR count). The summed E-state index contributed by atoms with van der Waals surface area (Å²) in [6.07, 6.45) is 2.25. The fourth-order valence-corrected chi connectivity index (χ4v) is 4.00. The van der Waals surface area contributed by atoms with E-state index >= 15 is 0 Å². The number of sulfonamides is 1. The van der Waals surface area contributed by atoms with Crippen molar-refractivity contribution in [1.29, 1.82) is 0 Å². The Labute approximate surface area is 176 Å². The maximum Gasteiger partial charge on any atom is 0.267 e. The molecule has 0 radical (unpaired) electrons. The third-order valence-electron chi connectivity index (χ3n) is 3.93. The first-order valence-corrected chi connectivity index (χ1v) is 11.0. The molecule has 3 N–H and O–H groups in total. The van der Waals surface area contributed by atoms with Gasteiger partial charge in [-0.2, -0.15) is 0 Å². The third kappa shape index (κ3) is 6.47. The van der Waals surface area contributed by atoms with E-state index in [1.54, 1.807) is 31.2 Å². The maximum absolute atomic E-state index is 12.7. The number of ether oxygens (including phenoxy) is 1. The summed E-state index contributed by atoms with van der Waals surface area (Å²) in [6.45, 7) is 4.08. The molecule has 0 saturated heterocycles. The van der Waals surface area contributed by atoms with Crippen LogP contribution in [0.25, 0.3) is 0 Å². The number of carbonyl (C=O) groups excluding carboxylic acids is 1. The lowest BCUT2D eigenvalue weighted by Gasteiger charge is -2.15.